The Morgan fingerprint density at radius 2 is 2.25 bits per heavy atom. The van der Waals surface area contributed by atoms with E-state index in [0.29, 0.717) is 16.3 Å². The number of benzene rings is 1. The average Bonchev–Trinajstić information content (AvgIpc) is 2.03. The fourth-order valence-corrected chi connectivity index (χ4v) is 1.41. The van der Waals surface area contributed by atoms with Crippen LogP contribution in [0.25, 0.3) is 0 Å². The van der Waals surface area contributed by atoms with Crippen molar-refractivity contribution in [2.45, 2.75) is 6.92 Å². The molecule has 0 aliphatic rings. The summed E-state index contributed by atoms with van der Waals surface area (Å²) in [5.41, 5.74) is 0.522. The molecular formula is C8H6ClIO2. The first kappa shape index (κ1) is 9.80. The fourth-order valence-electron chi connectivity index (χ4n) is 0.829. The number of hydrogen-bond donors (Lipinski definition) is 0. The number of rotatable bonds is 2. The number of Topliss-reactive ketones (excluding diaryl/α,β-unsaturated/α-hetero) is 1. The van der Waals surface area contributed by atoms with Gasteiger partial charge in [0.2, 0.25) is 0 Å². The second kappa shape index (κ2) is 4.09. The summed E-state index contributed by atoms with van der Waals surface area (Å²) in [5.74, 6) is 0.602. The van der Waals surface area contributed by atoms with Crippen molar-refractivity contribution in [1.29, 1.82) is 0 Å². The molecule has 4 heteroatoms. The minimum absolute atomic E-state index is 0.0417. The van der Waals surface area contributed by atoms with Crippen LogP contribution in [0.5, 0.6) is 5.75 Å². The summed E-state index contributed by atoms with van der Waals surface area (Å²) in [4.78, 5) is 10.9. The maximum Gasteiger partial charge on any atom is 0.192 e. The summed E-state index contributed by atoms with van der Waals surface area (Å²) in [5, 5.41) is 0.427. The largest absolute Gasteiger partial charge is 0.428 e. The van der Waals surface area contributed by atoms with Gasteiger partial charge in [0.1, 0.15) is 5.75 Å². The van der Waals surface area contributed by atoms with Gasteiger partial charge >= 0.3 is 0 Å². The molecule has 0 fully saturated rings. The van der Waals surface area contributed by atoms with E-state index in [1.54, 1.807) is 41.2 Å². The highest BCUT2D eigenvalue weighted by atomic mass is 127. The molecule has 0 aromatic heterocycles. The molecule has 2 nitrogen and oxygen atoms in total. The normalized spacial score (nSPS) is 9.58. The SMILES string of the molecule is CC(=O)c1ccc(OI)cc1Cl. The molecule has 1 aromatic carbocycles. The van der Waals surface area contributed by atoms with E-state index < -0.39 is 0 Å². The smallest absolute Gasteiger partial charge is 0.192 e. The van der Waals surface area contributed by atoms with Crippen molar-refractivity contribution in [3.63, 3.8) is 0 Å². The van der Waals surface area contributed by atoms with E-state index in [2.05, 4.69) is 0 Å². The third-order valence-corrected chi connectivity index (χ3v) is 2.23. The number of ketones is 1. The summed E-state index contributed by atoms with van der Waals surface area (Å²) in [6.07, 6.45) is 0. The molecule has 0 N–H and O–H groups in total. The molecule has 0 bridgehead atoms. The van der Waals surface area contributed by atoms with E-state index >= 15 is 0 Å². The summed E-state index contributed by atoms with van der Waals surface area (Å²) < 4.78 is 4.90. The molecule has 0 radical (unpaired) electrons. The Kier molecular flexibility index (Phi) is 3.34. The summed E-state index contributed by atoms with van der Waals surface area (Å²) in [6.45, 7) is 1.48. The minimum Gasteiger partial charge on any atom is -0.428 e. The molecule has 1 aromatic rings. The van der Waals surface area contributed by atoms with Gasteiger partial charge in [-0.3, -0.25) is 4.79 Å². The standard InChI is InChI=1S/C8H6ClIO2/c1-5(11)7-3-2-6(12-10)4-8(7)9/h2-4H,1H3. The number of hydrogen-bond acceptors (Lipinski definition) is 2. The highest BCUT2D eigenvalue weighted by Gasteiger charge is 2.05. The Labute approximate surface area is 89.6 Å². The molecule has 12 heavy (non-hydrogen) atoms. The topological polar surface area (TPSA) is 26.3 Å². The van der Waals surface area contributed by atoms with Crippen LogP contribution in [0.2, 0.25) is 5.02 Å². The lowest BCUT2D eigenvalue weighted by Gasteiger charge is -2.01. The number of carbonyl (C=O) groups is 1. The number of carbonyl (C=O) groups excluding carboxylic acids is 1. The molecular weight excluding hydrogens is 290 g/mol. The van der Waals surface area contributed by atoms with Crippen LogP contribution in [0.3, 0.4) is 0 Å². The van der Waals surface area contributed by atoms with Crippen molar-refractivity contribution in [3.8, 4) is 5.75 Å². The quantitative estimate of drug-likeness (QED) is 0.618. The zero-order valence-electron chi connectivity index (χ0n) is 6.30. The molecule has 0 amide bonds. The van der Waals surface area contributed by atoms with Crippen LogP contribution in [0.1, 0.15) is 17.3 Å². The van der Waals surface area contributed by atoms with Crippen LogP contribution in [0.15, 0.2) is 18.2 Å². The van der Waals surface area contributed by atoms with E-state index in [4.69, 9.17) is 14.7 Å². The van der Waals surface area contributed by atoms with Gasteiger partial charge in [0.25, 0.3) is 0 Å². The van der Waals surface area contributed by atoms with Crippen molar-refractivity contribution in [3.05, 3.63) is 28.8 Å². The zero-order chi connectivity index (χ0) is 9.14. The highest BCUT2D eigenvalue weighted by Crippen LogP contribution is 2.23. The molecule has 0 unspecified atom stereocenters. The second-order valence-corrected chi connectivity index (χ2v) is 3.12. The second-order valence-electron chi connectivity index (χ2n) is 2.27. The predicted octanol–water partition coefficient (Wildman–Crippen LogP) is 3.27. The third-order valence-electron chi connectivity index (χ3n) is 1.41. The molecule has 0 aliphatic carbocycles. The maximum atomic E-state index is 10.9. The van der Waals surface area contributed by atoms with Crippen molar-refractivity contribution < 1.29 is 7.86 Å². The summed E-state index contributed by atoms with van der Waals surface area (Å²) in [7, 11) is 0. The number of halogens is 2. The van der Waals surface area contributed by atoms with Gasteiger partial charge in [0, 0.05) is 11.6 Å². The van der Waals surface area contributed by atoms with Crippen molar-refractivity contribution in [2.24, 2.45) is 0 Å². The van der Waals surface area contributed by atoms with E-state index in [9.17, 15) is 4.79 Å². The van der Waals surface area contributed by atoms with Crippen molar-refractivity contribution >= 4 is 40.4 Å². The first-order chi connectivity index (χ1) is 5.65. The van der Waals surface area contributed by atoms with Crippen LogP contribution < -0.4 is 3.07 Å². The Bertz CT molecular complexity index is 312. The molecule has 0 atom stereocenters. The van der Waals surface area contributed by atoms with Crippen LogP contribution >= 0.6 is 34.6 Å². The van der Waals surface area contributed by atoms with Gasteiger partial charge in [-0.25, -0.2) is 0 Å². The lowest BCUT2D eigenvalue weighted by molar-refractivity contribution is 0.101. The van der Waals surface area contributed by atoms with Gasteiger partial charge in [-0.05, 0) is 19.1 Å². The fraction of sp³-hybridized carbons (Fsp3) is 0.125. The van der Waals surface area contributed by atoms with Crippen LogP contribution in [-0.4, -0.2) is 5.78 Å². The molecule has 64 valence electrons. The van der Waals surface area contributed by atoms with Crippen molar-refractivity contribution in [1.82, 2.24) is 0 Å². The highest BCUT2D eigenvalue weighted by molar-refractivity contribution is 14.1. The van der Waals surface area contributed by atoms with Crippen molar-refractivity contribution in [2.75, 3.05) is 0 Å². The lowest BCUT2D eigenvalue weighted by Crippen LogP contribution is -1.92. The molecule has 1 rings (SSSR count). The molecule has 0 heterocycles. The van der Waals surface area contributed by atoms with Gasteiger partial charge < -0.3 is 3.07 Å². The van der Waals surface area contributed by atoms with Gasteiger partial charge in [0.05, 0.1) is 5.02 Å². The molecule has 0 saturated heterocycles. The first-order valence-electron chi connectivity index (χ1n) is 3.24. The monoisotopic (exact) mass is 296 g/mol. The minimum atomic E-state index is -0.0417. The van der Waals surface area contributed by atoms with E-state index in [1.165, 1.54) is 6.92 Å². The molecule has 0 saturated carbocycles. The van der Waals surface area contributed by atoms with Crippen LogP contribution in [-0.2, 0) is 0 Å². The van der Waals surface area contributed by atoms with Gasteiger partial charge in [0.15, 0.2) is 28.8 Å². The maximum absolute atomic E-state index is 10.9. The zero-order valence-corrected chi connectivity index (χ0v) is 9.22. The van der Waals surface area contributed by atoms with E-state index in [1.807, 2.05) is 0 Å². The Morgan fingerprint density at radius 3 is 2.67 bits per heavy atom. The Balaban J connectivity index is 3.12. The van der Waals surface area contributed by atoms with Gasteiger partial charge in [-0.15, -0.1) is 0 Å². The van der Waals surface area contributed by atoms with Gasteiger partial charge in [-0.2, -0.15) is 0 Å². The lowest BCUT2D eigenvalue weighted by atomic mass is 10.1. The van der Waals surface area contributed by atoms with Crippen LogP contribution in [0, 0.1) is 0 Å². The Morgan fingerprint density at radius 1 is 1.58 bits per heavy atom. The molecule has 0 spiro atoms. The summed E-state index contributed by atoms with van der Waals surface area (Å²) >= 11 is 7.55. The predicted molar refractivity (Wildman–Crippen MR) is 56.1 cm³/mol. The Hall–Kier alpha value is -0.290. The third kappa shape index (κ3) is 2.10. The van der Waals surface area contributed by atoms with E-state index in [0.717, 1.165) is 0 Å². The van der Waals surface area contributed by atoms with E-state index in [-0.39, 0.29) is 5.78 Å². The first-order valence-corrected chi connectivity index (χ1v) is 4.50. The summed E-state index contributed by atoms with van der Waals surface area (Å²) in [6, 6.07) is 4.97. The van der Waals surface area contributed by atoms with Crippen LogP contribution in [0.4, 0.5) is 0 Å². The average molecular weight is 296 g/mol. The molecule has 0 aliphatic heterocycles. The van der Waals surface area contributed by atoms with Gasteiger partial charge in [-0.1, -0.05) is 11.6 Å².